The highest BCUT2D eigenvalue weighted by Crippen LogP contribution is 2.08. The molecule has 0 aromatic carbocycles. The number of rotatable bonds is 5. The summed E-state index contributed by atoms with van der Waals surface area (Å²) in [5.74, 6) is 0. The molecule has 0 heterocycles. The molecule has 0 nitrogen and oxygen atoms in total. The molecule has 0 rings (SSSR count). The predicted octanol–water partition coefficient (Wildman–Crippen LogP) is 3.78. The van der Waals surface area contributed by atoms with Crippen molar-refractivity contribution < 1.29 is 0 Å². The highest BCUT2D eigenvalue weighted by molar-refractivity contribution is 8.02. The number of hydrogen-bond acceptors (Lipinski definition) is 1. The van der Waals surface area contributed by atoms with Crippen LogP contribution in [0.2, 0.25) is 0 Å². The summed E-state index contributed by atoms with van der Waals surface area (Å²) in [5, 5.41) is 0. The third-order valence-electron chi connectivity index (χ3n) is 1.25. The Kier molecular flexibility index (Phi) is 7.37. The zero-order valence-corrected chi connectivity index (χ0v) is 8.16. The summed E-state index contributed by atoms with van der Waals surface area (Å²) in [5.41, 5.74) is 0. The number of thioether (sulfide) groups is 1. The number of unbranched alkanes of at least 4 members (excludes halogenated alkanes) is 1. The average molecular weight is 168 g/mol. The molecule has 0 aromatic rings. The van der Waals surface area contributed by atoms with Crippen molar-refractivity contribution in [3.05, 3.63) is 35.8 Å². The van der Waals surface area contributed by atoms with Gasteiger partial charge in [0.05, 0.1) is 0 Å². The molecule has 0 aromatic heterocycles. The van der Waals surface area contributed by atoms with Crippen molar-refractivity contribution in [1.82, 2.24) is 0 Å². The first-order valence-corrected chi connectivity index (χ1v) is 5.09. The van der Waals surface area contributed by atoms with Crippen molar-refractivity contribution in [3.8, 4) is 0 Å². The van der Waals surface area contributed by atoms with Gasteiger partial charge >= 0.3 is 0 Å². The fourth-order valence-electron chi connectivity index (χ4n) is 0.572. The monoisotopic (exact) mass is 168 g/mol. The molecule has 0 radical (unpaired) electrons. The van der Waals surface area contributed by atoms with Crippen molar-refractivity contribution in [2.75, 3.05) is 6.26 Å². The quantitative estimate of drug-likeness (QED) is 0.563. The molecular weight excluding hydrogens is 152 g/mol. The summed E-state index contributed by atoms with van der Waals surface area (Å²) in [7, 11) is 0. The maximum absolute atomic E-state index is 3.83. The Bertz CT molecular complexity index is 154. The first-order chi connectivity index (χ1) is 5.31. The lowest BCUT2D eigenvalue weighted by atomic mass is 10.3. The summed E-state index contributed by atoms with van der Waals surface area (Å²) in [6.07, 6.45) is 12.7. The van der Waals surface area contributed by atoms with Gasteiger partial charge in [-0.2, -0.15) is 0 Å². The Morgan fingerprint density at radius 2 is 2.18 bits per heavy atom. The molecule has 0 aliphatic rings. The van der Waals surface area contributed by atoms with Crippen molar-refractivity contribution in [1.29, 1.82) is 0 Å². The summed E-state index contributed by atoms with van der Waals surface area (Å²) < 4.78 is 0. The number of allylic oxidation sites excluding steroid dienone is 4. The van der Waals surface area contributed by atoms with Crippen LogP contribution < -0.4 is 0 Å². The van der Waals surface area contributed by atoms with Gasteiger partial charge in [0.2, 0.25) is 0 Å². The number of hydrogen-bond donors (Lipinski definition) is 0. The van der Waals surface area contributed by atoms with Crippen LogP contribution in [-0.4, -0.2) is 6.26 Å². The highest BCUT2D eigenvalue weighted by Gasteiger charge is 1.77. The first kappa shape index (κ1) is 10.6. The molecule has 0 saturated heterocycles. The highest BCUT2D eigenvalue weighted by atomic mass is 32.2. The van der Waals surface area contributed by atoms with Crippen LogP contribution in [0.4, 0.5) is 0 Å². The second-order valence-corrected chi connectivity index (χ2v) is 3.18. The van der Waals surface area contributed by atoms with Crippen molar-refractivity contribution >= 4 is 11.8 Å². The van der Waals surface area contributed by atoms with Gasteiger partial charge in [0, 0.05) is 0 Å². The fourth-order valence-corrected chi connectivity index (χ4v) is 0.787. The average Bonchev–Trinajstić information content (AvgIpc) is 2.04. The zero-order chi connectivity index (χ0) is 8.53. The lowest BCUT2D eigenvalue weighted by Crippen LogP contribution is -1.62. The Morgan fingerprint density at radius 3 is 2.73 bits per heavy atom. The Balaban J connectivity index is 3.50. The molecule has 0 bridgehead atoms. The van der Waals surface area contributed by atoms with Crippen molar-refractivity contribution in [3.63, 3.8) is 0 Å². The van der Waals surface area contributed by atoms with E-state index in [4.69, 9.17) is 0 Å². The summed E-state index contributed by atoms with van der Waals surface area (Å²) in [4.78, 5) is 1.10. The molecule has 0 N–H and O–H groups in total. The maximum Gasteiger partial charge on any atom is -0.000285 e. The summed E-state index contributed by atoms with van der Waals surface area (Å²) in [6.45, 7) is 6.01. The maximum atomic E-state index is 3.83. The van der Waals surface area contributed by atoms with E-state index in [9.17, 15) is 0 Å². The van der Waals surface area contributed by atoms with Crippen LogP contribution >= 0.6 is 11.8 Å². The van der Waals surface area contributed by atoms with Gasteiger partial charge in [0.25, 0.3) is 0 Å². The molecule has 0 aliphatic heterocycles. The minimum absolute atomic E-state index is 1.10. The van der Waals surface area contributed by atoms with E-state index in [1.165, 1.54) is 6.42 Å². The van der Waals surface area contributed by atoms with E-state index < -0.39 is 0 Å². The molecule has 0 aliphatic carbocycles. The SMILES string of the molecule is C=C(/C=C/C=C/CCC)SC. The second-order valence-electron chi connectivity index (χ2n) is 2.25. The van der Waals surface area contributed by atoms with Crippen molar-refractivity contribution in [2.24, 2.45) is 0 Å². The molecule has 0 atom stereocenters. The molecule has 0 saturated carbocycles. The largest absolute Gasteiger partial charge is 0.130 e. The molecule has 0 spiro atoms. The molecule has 62 valence electrons. The van der Waals surface area contributed by atoms with Gasteiger partial charge in [0.15, 0.2) is 0 Å². The third-order valence-corrected chi connectivity index (χ3v) is 1.91. The van der Waals surface area contributed by atoms with Gasteiger partial charge in [0.1, 0.15) is 0 Å². The van der Waals surface area contributed by atoms with Crippen LogP contribution in [0, 0.1) is 0 Å². The van der Waals surface area contributed by atoms with Crippen molar-refractivity contribution in [2.45, 2.75) is 19.8 Å². The topological polar surface area (TPSA) is 0 Å². The molecule has 0 fully saturated rings. The first-order valence-electron chi connectivity index (χ1n) is 3.87. The summed E-state index contributed by atoms with van der Waals surface area (Å²) in [6, 6.07) is 0. The van der Waals surface area contributed by atoms with Gasteiger partial charge in [-0.3, -0.25) is 0 Å². The standard InChI is InChI=1S/C10H16S/c1-4-5-6-7-8-9-10(2)11-3/h6-9H,2,4-5H2,1,3H3/b7-6+,9-8+. The summed E-state index contributed by atoms with van der Waals surface area (Å²) >= 11 is 1.67. The van der Waals surface area contributed by atoms with Crippen LogP contribution in [0.5, 0.6) is 0 Å². The smallest absolute Gasteiger partial charge is 0.000285 e. The van der Waals surface area contributed by atoms with Gasteiger partial charge < -0.3 is 0 Å². The predicted molar refractivity (Wildman–Crippen MR) is 55.8 cm³/mol. The second kappa shape index (κ2) is 7.67. The van der Waals surface area contributed by atoms with Crippen LogP contribution in [0.25, 0.3) is 0 Å². The van der Waals surface area contributed by atoms with Gasteiger partial charge in [-0.15, -0.1) is 11.8 Å². The minimum atomic E-state index is 1.10. The van der Waals surface area contributed by atoms with E-state index in [1.54, 1.807) is 11.8 Å². The van der Waals surface area contributed by atoms with Gasteiger partial charge in [-0.1, -0.05) is 38.2 Å². The molecular formula is C10H16S. The van der Waals surface area contributed by atoms with E-state index >= 15 is 0 Å². The Hall–Kier alpha value is -0.430. The van der Waals surface area contributed by atoms with Crippen LogP contribution in [0.3, 0.4) is 0 Å². The van der Waals surface area contributed by atoms with E-state index in [2.05, 4.69) is 25.7 Å². The lowest BCUT2D eigenvalue weighted by molar-refractivity contribution is 0.959. The molecule has 1 heteroatoms. The van der Waals surface area contributed by atoms with Crippen LogP contribution in [0.1, 0.15) is 19.8 Å². The molecule has 11 heavy (non-hydrogen) atoms. The van der Waals surface area contributed by atoms with E-state index in [-0.39, 0.29) is 0 Å². The normalized spacial score (nSPS) is 11.5. The third kappa shape index (κ3) is 7.47. The van der Waals surface area contributed by atoms with Gasteiger partial charge in [-0.05, 0) is 23.7 Å². The van der Waals surface area contributed by atoms with Crippen LogP contribution in [-0.2, 0) is 0 Å². The molecule has 0 amide bonds. The molecule has 0 unspecified atom stereocenters. The Morgan fingerprint density at radius 1 is 1.45 bits per heavy atom. The van der Waals surface area contributed by atoms with E-state index in [1.807, 2.05) is 18.4 Å². The van der Waals surface area contributed by atoms with Gasteiger partial charge in [-0.25, -0.2) is 0 Å². The minimum Gasteiger partial charge on any atom is -0.130 e. The Labute approximate surface area is 74.1 Å². The lowest BCUT2D eigenvalue weighted by Gasteiger charge is -1.87. The van der Waals surface area contributed by atoms with E-state index in [0.717, 1.165) is 11.3 Å². The van der Waals surface area contributed by atoms with E-state index in [0.29, 0.717) is 0 Å². The van der Waals surface area contributed by atoms with Crippen LogP contribution in [0.15, 0.2) is 35.8 Å². The fraction of sp³-hybridized carbons (Fsp3) is 0.400. The zero-order valence-electron chi connectivity index (χ0n) is 7.34.